The minimum atomic E-state index is -0.0713. The molecule has 4 heterocycles. The number of hydrogen-bond donors (Lipinski definition) is 1. The van der Waals surface area contributed by atoms with Crippen LogP contribution < -0.4 is 10.1 Å². The number of hydrogen-bond acceptors (Lipinski definition) is 7. The van der Waals surface area contributed by atoms with Crippen LogP contribution in [0.5, 0.6) is 5.88 Å². The van der Waals surface area contributed by atoms with E-state index < -0.39 is 0 Å². The van der Waals surface area contributed by atoms with Gasteiger partial charge in [0.25, 0.3) is 5.91 Å². The second kappa shape index (κ2) is 8.36. The fourth-order valence-electron chi connectivity index (χ4n) is 3.47. The van der Waals surface area contributed by atoms with Crippen molar-refractivity contribution in [1.82, 2.24) is 35.2 Å². The molecule has 1 fully saturated rings. The van der Waals surface area contributed by atoms with Gasteiger partial charge in [-0.1, -0.05) is 6.07 Å². The first kappa shape index (κ1) is 19.0. The maximum atomic E-state index is 13.4. The van der Waals surface area contributed by atoms with Crippen LogP contribution in [0.15, 0.2) is 42.9 Å². The molecule has 3 aromatic heterocycles. The Bertz CT molecular complexity index is 972. The van der Waals surface area contributed by atoms with E-state index in [1.165, 1.54) is 0 Å². The molecule has 29 heavy (non-hydrogen) atoms. The number of piperazine rings is 1. The zero-order chi connectivity index (χ0) is 20.2. The normalized spacial score (nSPS) is 16.6. The van der Waals surface area contributed by atoms with Crippen molar-refractivity contribution in [2.75, 3.05) is 26.2 Å². The van der Waals surface area contributed by atoms with Gasteiger partial charge in [-0.25, -0.2) is 4.68 Å². The van der Waals surface area contributed by atoms with Gasteiger partial charge in [-0.3, -0.25) is 9.78 Å². The van der Waals surface area contributed by atoms with E-state index in [0.29, 0.717) is 37.0 Å². The SMILES string of the molecule is CCOc1ccc(-n2ncc(C(=O)N3CCNCC3c3cccnc3)c2C)nn1. The second-order valence-electron chi connectivity index (χ2n) is 6.72. The molecule has 0 radical (unpaired) electrons. The summed E-state index contributed by atoms with van der Waals surface area (Å²) in [4.78, 5) is 19.4. The number of nitrogens with zero attached hydrogens (tertiary/aromatic N) is 6. The van der Waals surface area contributed by atoms with Crippen molar-refractivity contribution in [3.05, 3.63) is 59.7 Å². The van der Waals surface area contributed by atoms with Crippen LogP contribution in [0.1, 0.15) is 34.6 Å². The number of carbonyl (C=O) groups excluding carboxylic acids is 1. The van der Waals surface area contributed by atoms with E-state index >= 15 is 0 Å². The molecule has 0 spiro atoms. The lowest BCUT2D eigenvalue weighted by Crippen LogP contribution is -2.48. The van der Waals surface area contributed by atoms with Crippen molar-refractivity contribution in [2.24, 2.45) is 0 Å². The van der Waals surface area contributed by atoms with Crippen LogP contribution in [-0.2, 0) is 0 Å². The molecule has 3 aromatic rings. The second-order valence-corrected chi connectivity index (χ2v) is 6.72. The molecule has 9 nitrogen and oxygen atoms in total. The fourth-order valence-corrected chi connectivity index (χ4v) is 3.47. The lowest BCUT2D eigenvalue weighted by Gasteiger charge is -2.36. The molecule has 1 N–H and O–H groups in total. The molecule has 1 saturated heterocycles. The predicted molar refractivity (Wildman–Crippen MR) is 106 cm³/mol. The first-order valence-electron chi connectivity index (χ1n) is 9.62. The Morgan fingerprint density at radius 1 is 1.28 bits per heavy atom. The van der Waals surface area contributed by atoms with Gasteiger partial charge in [0.05, 0.1) is 30.1 Å². The Kier molecular flexibility index (Phi) is 5.48. The van der Waals surface area contributed by atoms with Gasteiger partial charge in [0.1, 0.15) is 0 Å². The highest BCUT2D eigenvalue weighted by Gasteiger charge is 2.30. The van der Waals surface area contributed by atoms with Crippen molar-refractivity contribution in [2.45, 2.75) is 19.9 Å². The van der Waals surface area contributed by atoms with Crippen LogP contribution in [0.25, 0.3) is 5.82 Å². The summed E-state index contributed by atoms with van der Waals surface area (Å²) in [5, 5.41) is 15.9. The summed E-state index contributed by atoms with van der Waals surface area (Å²) in [7, 11) is 0. The first-order valence-corrected chi connectivity index (χ1v) is 9.62. The molecule has 1 atom stereocenters. The molecule has 0 aromatic carbocycles. The third kappa shape index (κ3) is 3.81. The Hall–Kier alpha value is -3.33. The van der Waals surface area contributed by atoms with Crippen LogP contribution >= 0.6 is 0 Å². The molecule has 4 rings (SSSR count). The number of ether oxygens (including phenoxy) is 1. The average Bonchev–Trinajstić information content (AvgIpc) is 3.16. The maximum Gasteiger partial charge on any atom is 0.257 e. The summed E-state index contributed by atoms with van der Waals surface area (Å²) >= 11 is 0. The smallest absolute Gasteiger partial charge is 0.257 e. The third-order valence-electron chi connectivity index (χ3n) is 4.95. The monoisotopic (exact) mass is 393 g/mol. The van der Waals surface area contributed by atoms with E-state index in [1.807, 2.05) is 37.1 Å². The standard InChI is InChI=1S/C20H23N7O2/c1-3-29-19-7-6-18(24-25-19)27-14(2)16(12-23-27)20(28)26-10-9-22-13-17(26)15-5-4-8-21-11-15/h4-8,11-12,17,22H,3,9-10,13H2,1-2H3. The molecular formula is C20H23N7O2. The summed E-state index contributed by atoms with van der Waals surface area (Å²) in [6.45, 7) is 6.33. The molecule has 0 saturated carbocycles. The van der Waals surface area contributed by atoms with Gasteiger partial charge in [0.2, 0.25) is 5.88 Å². The van der Waals surface area contributed by atoms with Gasteiger partial charge in [0, 0.05) is 38.1 Å². The van der Waals surface area contributed by atoms with Crippen molar-refractivity contribution < 1.29 is 9.53 Å². The number of pyridine rings is 1. The third-order valence-corrected chi connectivity index (χ3v) is 4.95. The Morgan fingerprint density at radius 2 is 2.17 bits per heavy atom. The van der Waals surface area contributed by atoms with Gasteiger partial charge in [-0.05, 0) is 31.5 Å². The zero-order valence-electron chi connectivity index (χ0n) is 16.4. The quantitative estimate of drug-likeness (QED) is 0.702. The molecule has 150 valence electrons. The molecule has 0 bridgehead atoms. The predicted octanol–water partition coefficient (Wildman–Crippen LogP) is 1.55. The molecule has 1 aliphatic heterocycles. The molecule has 1 unspecified atom stereocenters. The highest BCUT2D eigenvalue weighted by atomic mass is 16.5. The van der Waals surface area contributed by atoms with Gasteiger partial charge in [0.15, 0.2) is 5.82 Å². The number of rotatable bonds is 5. The number of nitrogens with one attached hydrogen (secondary N) is 1. The lowest BCUT2D eigenvalue weighted by atomic mass is 10.0. The van der Waals surface area contributed by atoms with E-state index in [1.54, 1.807) is 29.2 Å². The number of carbonyl (C=O) groups is 1. The summed E-state index contributed by atoms with van der Waals surface area (Å²) in [5.41, 5.74) is 2.28. The molecule has 9 heteroatoms. The van der Waals surface area contributed by atoms with E-state index in [-0.39, 0.29) is 11.9 Å². The molecular weight excluding hydrogens is 370 g/mol. The van der Waals surface area contributed by atoms with Crippen LogP contribution in [0.2, 0.25) is 0 Å². The molecule has 1 amide bonds. The highest BCUT2D eigenvalue weighted by molar-refractivity contribution is 5.95. The lowest BCUT2D eigenvalue weighted by molar-refractivity contribution is 0.0633. The maximum absolute atomic E-state index is 13.4. The zero-order valence-corrected chi connectivity index (χ0v) is 16.4. The fraction of sp³-hybridized carbons (Fsp3) is 0.350. The van der Waals surface area contributed by atoms with E-state index in [4.69, 9.17) is 4.74 Å². The Labute approximate surface area is 168 Å². The molecule has 0 aliphatic carbocycles. The largest absolute Gasteiger partial charge is 0.477 e. The van der Waals surface area contributed by atoms with E-state index in [2.05, 4.69) is 25.6 Å². The van der Waals surface area contributed by atoms with Crippen LogP contribution in [0.3, 0.4) is 0 Å². The minimum absolute atomic E-state index is 0.0528. The number of aromatic nitrogens is 5. The van der Waals surface area contributed by atoms with Crippen LogP contribution in [-0.4, -0.2) is 62.0 Å². The van der Waals surface area contributed by atoms with Gasteiger partial charge in [-0.2, -0.15) is 5.10 Å². The Morgan fingerprint density at radius 3 is 2.90 bits per heavy atom. The van der Waals surface area contributed by atoms with Gasteiger partial charge in [-0.15, -0.1) is 10.2 Å². The van der Waals surface area contributed by atoms with E-state index in [9.17, 15) is 4.79 Å². The Balaban J connectivity index is 1.60. The van der Waals surface area contributed by atoms with Crippen LogP contribution in [0.4, 0.5) is 0 Å². The van der Waals surface area contributed by atoms with Crippen molar-refractivity contribution >= 4 is 5.91 Å². The van der Waals surface area contributed by atoms with E-state index in [0.717, 1.165) is 17.8 Å². The topological polar surface area (TPSA) is 98.1 Å². The van der Waals surface area contributed by atoms with Crippen molar-refractivity contribution in [3.8, 4) is 11.7 Å². The summed E-state index contributed by atoms with van der Waals surface area (Å²) in [6.07, 6.45) is 5.14. The number of amides is 1. The summed E-state index contributed by atoms with van der Waals surface area (Å²) in [6, 6.07) is 7.33. The molecule has 1 aliphatic rings. The van der Waals surface area contributed by atoms with Gasteiger partial charge < -0.3 is 15.0 Å². The summed E-state index contributed by atoms with van der Waals surface area (Å²) in [5.74, 6) is 0.939. The first-order chi connectivity index (χ1) is 14.2. The van der Waals surface area contributed by atoms with Crippen molar-refractivity contribution in [3.63, 3.8) is 0 Å². The van der Waals surface area contributed by atoms with Crippen molar-refractivity contribution in [1.29, 1.82) is 0 Å². The van der Waals surface area contributed by atoms with Crippen LogP contribution in [0, 0.1) is 6.92 Å². The highest BCUT2D eigenvalue weighted by Crippen LogP contribution is 2.25. The average molecular weight is 393 g/mol. The van der Waals surface area contributed by atoms with Gasteiger partial charge >= 0.3 is 0 Å². The summed E-state index contributed by atoms with van der Waals surface area (Å²) < 4.78 is 6.95. The minimum Gasteiger partial charge on any atom is -0.477 e.